The van der Waals surface area contributed by atoms with Crippen molar-refractivity contribution in [3.8, 4) is 5.75 Å². The van der Waals surface area contributed by atoms with E-state index in [1.165, 1.54) is 12.0 Å². The van der Waals surface area contributed by atoms with E-state index in [2.05, 4.69) is 49.3 Å². The molecule has 1 N–H and O–H groups in total. The molecule has 3 nitrogen and oxygen atoms in total. The van der Waals surface area contributed by atoms with Gasteiger partial charge in [0.1, 0.15) is 5.75 Å². The van der Waals surface area contributed by atoms with Crippen LogP contribution < -0.4 is 10.1 Å². The van der Waals surface area contributed by atoms with E-state index in [-0.39, 0.29) is 0 Å². The monoisotopic (exact) mass is 262 g/mol. The molecule has 0 saturated heterocycles. The Kier molecular flexibility index (Phi) is 5.23. The van der Waals surface area contributed by atoms with Crippen molar-refractivity contribution >= 4 is 0 Å². The molecule has 0 aromatic heterocycles. The van der Waals surface area contributed by atoms with Crippen LogP contribution in [0.1, 0.15) is 38.3 Å². The van der Waals surface area contributed by atoms with Crippen LogP contribution in [0.3, 0.4) is 0 Å². The highest BCUT2D eigenvalue weighted by Crippen LogP contribution is 2.31. The van der Waals surface area contributed by atoms with Crippen molar-refractivity contribution in [2.45, 2.75) is 38.8 Å². The van der Waals surface area contributed by atoms with Crippen LogP contribution in [0.2, 0.25) is 0 Å². The van der Waals surface area contributed by atoms with Crippen LogP contribution in [0.25, 0.3) is 0 Å². The van der Waals surface area contributed by atoms with E-state index in [1.807, 2.05) is 6.07 Å². The maximum Gasteiger partial charge on any atom is 0.124 e. The zero-order chi connectivity index (χ0) is 13.7. The van der Waals surface area contributed by atoms with Crippen LogP contribution in [-0.2, 0) is 0 Å². The summed E-state index contributed by atoms with van der Waals surface area (Å²) in [7, 11) is 2.19. The van der Waals surface area contributed by atoms with Crippen LogP contribution in [-0.4, -0.2) is 37.7 Å². The molecule has 1 aliphatic heterocycles. The van der Waals surface area contributed by atoms with Gasteiger partial charge < -0.3 is 15.0 Å². The van der Waals surface area contributed by atoms with Crippen LogP contribution in [0, 0.1) is 0 Å². The average Bonchev–Trinajstić information content (AvgIpc) is 2.43. The molecule has 1 aromatic carbocycles. The number of rotatable bonds is 6. The van der Waals surface area contributed by atoms with Crippen LogP contribution in [0.5, 0.6) is 5.75 Å². The topological polar surface area (TPSA) is 24.5 Å². The normalized spacial score (nSPS) is 18.5. The second-order valence-corrected chi connectivity index (χ2v) is 5.61. The molecule has 1 aromatic rings. The van der Waals surface area contributed by atoms with E-state index < -0.39 is 0 Å². The standard InChI is InChI=1S/C16H26N2O/c1-13(2)18(3)11-6-10-17-15-9-12-19-16-8-5-4-7-14(15)16/h4-5,7-8,13,15,17H,6,9-12H2,1-3H3. The maximum atomic E-state index is 5.68. The SMILES string of the molecule is CC(C)N(C)CCCNC1CCOc2ccccc21. The number of fused-ring (bicyclic) bond motifs is 1. The summed E-state index contributed by atoms with van der Waals surface area (Å²) in [4.78, 5) is 2.39. The second-order valence-electron chi connectivity index (χ2n) is 5.61. The predicted octanol–water partition coefficient (Wildman–Crippen LogP) is 2.83. The first-order chi connectivity index (χ1) is 9.18. The summed E-state index contributed by atoms with van der Waals surface area (Å²) in [5, 5.41) is 3.67. The summed E-state index contributed by atoms with van der Waals surface area (Å²) in [6, 6.07) is 9.45. The van der Waals surface area contributed by atoms with Crippen molar-refractivity contribution in [2.24, 2.45) is 0 Å². The van der Waals surface area contributed by atoms with Gasteiger partial charge >= 0.3 is 0 Å². The fourth-order valence-corrected chi connectivity index (χ4v) is 2.42. The predicted molar refractivity (Wildman–Crippen MR) is 79.7 cm³/mol. The lowest BCUT2D eigenvalue weighted by molar-refractivity contribution is 0.244. The number of hydrogen-bond acceptors (Lipinski definition) is 3. The Hall–Kier alpha value is -1.06. The van der Waals surface area contributed by atoms with E-state index in [0.29, 0.717) is 12.1 Å². The number of nitrogens with zero attached hydrogens (tertiary/aromatic N) is 1. The van der Waals surface area contributed by atoms with Gasteiger partial charge in [0.2, 0.25) is 0 Å². The van der Waals surface area contributed by atoms with Gasteiger partial charge in [0, 0.05) is 24.1 Å². The molecule has 0 aliphatic carbocycles. The molecular formula is C16H26N2O. The molecule has 0 fully saturated rings. The number of para-hydroxylation sites is 1. The van der Waals surface area contributed by atoms with E-state index in [1.54, 1.807) is 0 Å². The molecule has 0 spiro atoms. The van der Waals surface area contributed by atoms with E-state index in [4.69, 9.17) is 4.74 Å². The minimum atomic E-state index is 0.453. The lowest BCUT2D eigenvalue weighted by Crippen LogP contribution is -2.32. The molecular weight excluding hydrogens is 236 g/mol. The van der Waals surface area contributed by atoms with Crippen molar-refractivity contribution in [1.82, 2.24) is 10.2 Å². The largest absolute Gasteiger partial charge is 0.493 e. The highest BCUT2D eigenvalue weighted by Gasteiger charge is 2.19. The molecule has 106 valence electrons. The zero-order valence-corrected chi connectivity index (χ0v) is 12.4. The fraction of sp³-hybridized carbons (Fsp3) is 0.625. The van der Waals surface area contributed by atoms with Gasteiger partial charge in [-0.25, -0.2) is 0 Å². The lowest BCUT2D eigenvalue weighted by atomic mass is 10.0. The fourth-order valence-electron chi connectivity index (χ4n) is 2.42. The molecule has 2 rings (SSSR count). The molecule has 1 unspecified atom stereocenters. The molecule has 1 aliphatic rings. The zero-order valence-electron chi connectivity index (χ0n) is 12.4. The van der Waals surface area contributed by atoms with Crippen LogP contribution in [0.15, 0.2) is 24.3 Å². The Balaban J connectivity index is 1.78. The molecule has 0 radical (unpaired) electrons. The minimum Gasteiger partial charge on any atom is -0.493 e. The third kappa shape index (κ3) is 3.95. The number of ether oxygens (including phenoxy) is 1. The Morgan fingerprint density at radius 2 is 2.16 bits per heavy atom. The van der Waals surface area contributed by atoms with Gasteiger partial charge in [-0.2, -0.15) is 0 Å². The van der Waals surface area contributed by atoms with Gasteiger partial charge in [-0.05, 0) is 46.5 Å². The summed E-state index contributed by atoms with van der Waals surface area (Å²) >= 11 is 0. The lowest BCUT2D eigenvalue weighted by Gasteiger charge is -2.27. The van der Waals surface area contributed by atoms with Gasteiger partial charge in [-0.15, -0.1) is 0 Å². The summed E-state index contributed by atoms with van der Waals surface area (Å²) in [6.07, 6.45) is 2.26. The van der Waals surface area contributed by atoms with Crippen LogP contribution >= 0.6 is 0 Å². The van der Waals surface area contributed by atoms with E-state index in [0.717, 1.165) is 31.9 Å². The first-order valence-corrected chi connectivity index (χ1v) is 7.34. The van der Waals surface area contributed by atoms with Gasteiger partial charge in [0.05, 0.1) is 6.61 Å². The molecule has 3 heteroatoms. The highest BCUT2D eigenvalue weighted by atomic mass is 16.5. The van der Waals surface area contributed by atoms with Crippen LogP contribution in [0.4, 0.5) is 0 Å². The van der Waals surface area contributed by atoms with Gasteiger partial charge in [-0.1, -0.05) is 18.2 Å². The third-order valence-electron chi connectivity index (χ3n) is 3.92. The first kappa shape index (κ1) is 14.4. The highest BCUT2D eigenvalue weighted by molar-refractivity contribution is 5.37. The Bertz CT molecular complexity index is 392. The Labute approximate surface area is 116 Å². The quantitative estimate of drug-likeness (QED) is 0.798. The average molecular weight is 262 g/mol. The van der Waals surface area contributed by atoms with Crippen molar-refractivity contribution < 1.29 is 4.74 Å². The van der Waals surface area contributed by atoms with Crippen molar-refractivity contribution in [3.63, 3.8) is 0 Å². The molecule has 0 bridgehead atoms. The molecule has 1 atom stereocenters. The maximum absolute atomic E-state index is 5.68. The molecule has 0 saturated carbocycles. The number of hydrogen-bond donors (Lipinski definition) is 1. The number of benzene rings is 1. The van der Waals surface area contributed by atoms with Gasteiger partial charge in [0.25, 0.3) is 0 Å². The smallest absolute Gasteiger partial charge is 0.124 e. The Morgan fingerprint density at radius 3 is 2.95 bits per heavy atom. The second kappa shape index (κ2) is 6.92. The molecule has 0 amide bonds. The van der Waals surface area contributed by atoms with Crippen molar-refractivity contribution in [1.29, 1.82) is 0 Å². The van der Waals surface area contributed by atoms with Gasteiger partial charge in [-0.3, -0.25) is 0 Å². The Morgan fingerprint density at radius 1 is 1.37 bits per heavy atom. The molecule has 19 heavy (non-hydrogen) atoms. The summed E-state index contributed by atoms with van der Waals surface area (Å²) in [5.41, 5.74) is 1.31. The molecule has 1 heterocycles. The first-order valence-electron chi connectivity index (χ1n) is 7.34. The number of nitrogens with one attached hydrogen (secondary N) is 1. The van der Waals surface area contributed by atoms with E-state index >= 15 is 0 Å². The third-order valence-corrected chi connectivity index (χ3v) is 3.92. The van der Waals surface area contributed by atoms with E-state index in [9.17, 15) is 0 Å². The minimum absolute atomic E-state index is 0.453. The van der Waals surface area contributed by atoms with Gasteiger partial charge in [0.15, 0.2) is 0 Å². The summed E-state index contributed by atoms with van der Waals surface area (Å²) < 4.78 is 5.68. The summed E-state index contributed by atoms with van der Waals surface area (Å²) in [6.45, 7) is 7.51. The van der Waals surface area contributed by atoms with Crippen molar-refractivity contribution in [3.05, 3.63) is 29.8 Å². The van der Waals surface area contributed by atoms with Crippen molar-refractivity contribution in [2.75, 3.05) is 26.7 Å². The summed E-state index contributed by atoms with van der Waals surface area (Å²) in [5.74, 6) is 1.05.